The van der Waals surface area contributed by atoms with E-state index >= 15 is 0 Å². The van der Waals surface area contributed by atoms with Crippen molar-refractivity contribution in [1.29, 1.82) is 0 Å². The fourth-order valence-electron chi connectivity index (χ4n) is 3.85. The van der Waals surface area contributed by atoms with Gasteiger partial charge >= 0.3 is 0 Å². The molecule has 2 aliphatic rings. The van der Waals surface area contributed by atoms with Crippen LogP contribution in [0.1, 0.15) is 53.4 Å². The van der Waals surface area contributed by atoms with Gasteiger partial charge in [-0.15, -0.1) is 0 Å². The first kappa shape index (κ1) is 13.1. The van der Waals surface area contributed by atoms with Crippen molar-refractivity contribution in [1.82, 2.24) is 0 Å². The Morgan fingerprint density at radius 3 is 2.65 bits per heavy atom. The Labute approximate surface area is 107 Å². The summed E-state index contributed by atoms with van der Waals surface area (Å²) in [6.07, 6.45) is 7.95. The number of hydrogen-bond donors (Lipinski definition) is 1. The van der Waals surface area contributed by atoms with Gasteiger partial charge in [0.15, 0.2) is 0 Å². The first-order valence-electron chi connectivity index (χ1n) is 7.44. The summed E-state index contributed by atoms with van der Waals surface area (Å²) in [4.78, 5) is 0. The van der Waals surface area contributed by atoms with Crippen molar-refractivity contribution in [2.45, 2.75) is 53.4 Å². The minimum Gasteiger partial charge on any atom is -0.330 e. The molecule has 0 radical (unpaired) electrons. The maximum atomic E-state index is 5.65. The monoisotopic (exact) mass is 235 g/mol. The van der Waals surface area contributed by atoms with Crippen molar-refractivity contribution in [3.05, 3.63) is 11.6 Å². The van der Waals surface area contributed by atoms with Crippen LogP contribution in [0.25, 0.3) is 0 Å². The van der Waals surface area contributed by atoms with E-state index in [9.17, 15) is 0 Å². The van der Waals surface area contributed by atoms with E-state index < -0.39 is 0 Å². The third kappa shape index (κ3) is 2.45. The van der Waals surface area contributed by atoms with E-state index in [4.69, 9.17) is 5.73 Å². The van der Waals surface area contributed by atoms with Crippen LogP contribution in [0.2, 0.25) is 0 Å². The number of nitrogens with two attached hydrogens (primary N) is 1. The van der Waals surface area contributed by atoms with Crippen LogP contribution in [0.4, 0.5) is 0 Å². The van der Waals surface area contributed by atoms with E-state index in [1.807, 2.05) is 0 Å². The minimum absolute atomic E-state index is 0.588. The molecule has 0 aromatic rings. The van der Waals surface area contributed by atoms with E-state index in [-0.39, 0.29) is 0 Å². The third-order valence-corrected chi connectivity index (χ3v) is 5.58. The lowest BCUT2D eigenvalue weighted by Crippen LogP contribution is -2.08. The van der Waals surface area contributed by atoms with Gasteiger partial charge in [-0.2, -0.15) is 0 Å². The molecule has 2 N–H and O–H groups in total. The van der Waals surface area contributed by atoms with Gasteiger partial charge < -0.3 is 5.73 Å². The SMILES string of the molecule is CCC1(/C(C)=C\C2CC2C(C)CCN)CC1C. The van der Waals surface area contributed by atoms with Gasteiger partial charge in [0.2, 0.25) is 0 Å². The lowest BCUT2D eigenvalue weighted by atomic mass is 9.90. The molecule has 98 valence electrons. The molecule has 0 bridgehead atoms. The van der Waals surface area contributed by atoms with E-state index in [1.165, 1.54) is 25.7 Å². The van der Waals surface area contributed by atoms with Crippen molar-refractivity contribution in [2.75, 3.05) is 6.54 Å². The Bertz CT molecular complexity index is 303. The summed E-state index contributed by atoms with van der Waals surface area (Å²) in [7, 11) is 0. The highest BCUT2D eigenvalue weighted by Gasteiger charge is 2.51. The van der Waals surface area contributed by atoms with Crippen LogP contribution >= 0.6 is 0 Å². The second-order valence-corrected chi connectivity index (χ2v) is 6.58. The molecule has 0 aromatic carbocycles. The van der Waals surface area contributed by atoms with Gasteiger partial charge in [-0.1, -0.05) is 32.4 Å². The summed E-state index contributed by atoms with van der Waals surface area (Å²) < 4.78 is 0. The molecule has 2 fully saturated rings. The van der Waals surface area contributed by atoms with Crippen molar-refractivity contribution in [3.63, 3.8) is 0 Å². The van der Waals surface area contributed by atoms with Crippen molar-refractivity contribution >= 4 is 0 Å². The van der Waals surface area contributed by atoms with Crippen LogP contribution in [0.5, 0.6) is 0 Å². The van der Waals surface area contributed by atoms with Crippen LogP contribution in [0, 0.1) is 29.1 Å². The molecule has 0 aromatic heterocycles. The van der Waals surface area contributed by atoms with E-state index in [0.717, 1.165) is 30.2 Å². The molecule has 0 heterocycles. The zero-order chi connectivity index (χ0) is 12.6. The maximum Gasteiger partial charge on any atom is -0.00646 e. The number of rotatable bonds is 6. The second kappa shape index (κ2) is 4.76. The Morgan fingerprint density at radius 2 is 2.18 bits per heavy atom. The molecule has 0 spiro atoms. The lowest BCUT2D eigenvalue weighted by Gasteiger charge is -2.15. The Kier molecular flexibility index (Phi) is 3.68. The highest BCUT2D eigenvalue weighted by atomic mass is 14.6. The Balaban J connectivity index is 1.90. The van der Waals surface area contributed by atoms with Gasteiger partial charge in [0.05, 0.1) is 0 Å². The first-order valence-corrected chi connectivity index (χ1v) is 7.44. The van der Waals surface area contributed by atoms with Crippen molar-refractivity contribution < 1.29 is 0 Å². The molecule has 2 saturated carbocycles. The summed E-state index contributed by atoms with van der Waals surface area (Å²) in [5, 5.41) is 0. The second-order valence-electron chi connectivity index (χ2n) is 6.58. The predicted molar refractivity (Wildman–Crippen MR) is 74.7 cm³/mol. The van der Waals surface area contributed by atoms with Crippen molar-refractivity contribution in [2.24, 2.45) is 34.8 Å². The van der Waals surface area contributed by atoms with Crippen LogP contribution in [-0.4, -0.2) is 6.54 Å². The topological polar surface area (TPSA) is 26.0 Å². The molecular weight excluding hydrogens is 206 g/mol. The first-order chi connectivity index (χ1) is 8.05. The van der Waals surface area contributed by atoms with E-state index in [1.54, 1.807) is 5.57 Å². The van der Waals surface area contributed by atoms with Gasteiger partial charge in [-0.05, 0) is 68.2 Å². The molecular formula is C16H29N. The van der Waals surface area contributed by atoms with E-state index in [0.29, 0.717) is 5.41 Å². The zero-order valence-electron chi connectivity index (χ0n) is 12.0. The third-order valence-electron chi connectivity index (χ3n) is 5.58. The normalized spacial score (nSPS) is 42.4. The summed E-state index contributed by atoms with van der Waals surface area (Å²) in [6.45, 7) is 10.3. The summed E-state index contributed by atoms with van der Waals surface area (Å²) in [5.41, 5.74) is 7.91. The molecule has 1 heteroatoms. The molecule has 17 heavy (non-hydrogen) atoms. The molecule has 2 rings (SSSR count). The number of hydrogen-bond acceptors (Lipinski definition) is 1. The fourth-order valence-corrected chi connectivity index (χ4v) is 3.85. The van der Waals surface area contributed by atoms with E-state index in [2.05, 4.69) is 33.8 Å². The summed E-state index contributed by atoms with van der Waals surface area (Å²) >= 11 is 0. The Morgan fingerprint density at radius 1 is 1.53 bits per heavy atom. The predicted octanol–water partition coefficient (Wildman–Crippen LogP) is 3.99. The molecule has 5 unspecified atom stereocenters. The Hall–Kier alpha value is -0.300. The lowest BCUT2D eigenvalue weighted by molar-refractivity contribution is 0.460. The average molecular weight is 235 g/mol. The molecule has 0 saturated heterocycles. The van der Waals surface area contributed by atoms with Gasteiger partial charge in [0, 0.05) is 0 Å². The highest BCUT2D eigenvalue weighted by molar-refractivity contribution is 5.25. The number of allylic oxidation sites excluding steroid dienone is 2. The van der Waals surface area contributed by atoms with Crippen LogP contribution in [0.3, 0.4) is 0 Å². The summed E-state index contributed by atoms with van der Waals surface area (Å²) in [6, 6.07) is 0. The molecule has 2 aliphatic carbocycles. The standard InChI is InChI=1S/C16H29N/c1-5-16(10-13(16)4)12(3)8-14-9-15(14)11(2)6-7-17/h8,11,13-15H,5-7,9-10,17H2,1-4H3/b12-8-. The largest absolute Gasteiger partial charge is 0.330 e. The van der Waals surface area contributed by atoms with Gasteiger partial charge in [-0.3, -0.25) is 0 Å². The molecule has 0 amide bonds. The average Bonchev–Trinajstić information content (AvgIpc) is 3.16. The van der Waals surface area contributed by atoms with Crippen LogP contribution in [-0.2, 0) is 0 Å². The minimum atomic E-state index is 0.588. The smallest absolute Gasteiger partial charge is 0.00646 e. The van der Waals surface area contributed by atoms with Crippen molar-refractivity contribution in [3.8, 4) is 0 Å². The highest BCUT2D eigenvalue weighted by Crippen LogP contribution is 2.61. The molecule has 1 nitrogen and oxygen atoms in total. The molecule has 5 atom stereocenters. The summed E-state index contributed by atoms with van der Waals surface area (Å²) in [5.74, 6) is 3.54. The van der Waals surface area contributed by atoms with Crippen LogP contribution in [0.15, 0.2) is 11.6 Å². The molecule has 0 aliphatic heterocycles. The zero-order valence-corrected chi connectivity index (χ0v) is 12.0. The maximum absolute atomic E-state index is 5.65. The fraction of sp³-hybridized carbons (Fsp3) is 0.875. The van der Waals surface area contributed by atoms with Gasteiger partial charge in [0.1, 0.15) is 0 Å². The quantitative estimate of drug-likeness (QED) is 0.692. The van der Waals surface area contributed by atoms with Gasteiger partial charge in [-0.25, -0.2) is 0 Å². The van der Waals surface area contributed by atoms with Crippen LogP contribution < -0.4 is 5.73 Å². The van der Waals surface area contributed by atoms with Gasteiger partial charge in [0.25, 0.3) is 0 Å².